The van der Waals surface area contributed by atoms with Crippen LogP contribution in [-0.4, -0.2) is 37.6 Å². The number of anilines is 1. The van der Waals surface area contributed by atoms with Crippen LogP contribution < -0.4 is 5.32 Å². The zero-order valence-corrected chi connectivity index (χ0v) is 21.0. The minimum Gasteiger partial charge on any atom is -0.366 e. The number of rotatable bonds is 6. The Balaban J connectivity index is 1.31. The molecule has 0 bridgehead atoms. The smallest absolute Gasteiger partial charge is 0.171 e. The van der Waals surface area contributed by atoms with E-state index in [2.05, 4.69) is 48.4 Å². The molecule has 0 aliphatic carbocycles. The maximum atomic E-state index is 6.37. The molecule has 0 unspecified atom stereocenters. The molecular formula is C24H23BrCl2N6. The summed E-state index contributed by atoms with van der Waals surface area (Å²) in [6.45, 7) is 3.45. The van der Waals surface area contributed by atoms with Crippen LogP contribution in [-0.2, 0) is 13.1 Å². The summed E-state index contributed by atoms with van der Waals surface area (Å²) < 4.78 is 2.74. The maximum absolute atomic E-state index is 6.37. The first-order valence-electron chi connectivity index (χ1n) is 10.9. The molecule has 170 valence electrons. The average molecular weight is 546 g/mol. The normalized spacial score (nSPS) is 15.2. The van der Waals surface area contributed by atoms with E-state index in [1.165, 1.54) is 0 Å². The molecule has 1 N–H and O–H groups in total. The molecule has 0 amide bonds. The van der Waals surface area contributed by atoms with Crippen molar-refractivity contribution in [3.63, 3.8) is 0 Å². The molecule has 9 heteroatoms. The quantitative estimate of drug-likeness (QED) is 0.313. The van der Waals surface area contributed by atoms with Crippen LogP contribution in [0.4, 0.5) is 5.82 Å². The summed E-state index contributed by atoms with van der Waals surface area (Å²) in [4.78, 5) is 11.6. The number of aromatic nitrogens is 4. The van der Waals surface area contributed by atoms with Gasteiger partial charge in [-0.05, 0) is 77.3 Å². The van der Waals surface area contributed by atoms with E-state index in [-0.39, 0.29) is 0 Å². The van der Waals surface area contributed by atoms with Crippen molar-refractivity contribution < 1.29 is 0 Å². The Hall–Kier alpha value is -2.19. The Kier molecular flexibility index (Phi) is 6.83. The predicted molar refractivity (Wildman–Crippen MR) is 136 cm³/mol. The number of hydrogen-bond donors (Lipinski definition) is 1. The third-order valence-electron chi connectivity index (χ3n) is 6.05. The summed E-state index contributed by atoms with van der Waals surface area (Å²) in [5.74, 6) is 1.32. The molecule has 5 rings (SSSR count). The SMILES string of the molecule is Clc1ccc(Cl)c(CN2CCC(c3cc(NCc4cccnc4)n4ncc(Br)c4n3)CC2)c1. The van der Waals surface area contributed by atoms with Crippen molar-refractivity contribution in [3.05, 3.63) is 86.3 Å². The minimum atomic E-state index is 0.391. The van der Waals surface area contributed by atoms with E-state index in [1.807, 2.05) is 35.0 Å². The molecule has 4 aromatic rings. The van der Waals surface area contributed by atoms with Gasteiger partial charge in [0.15, 0.2) is 5.65 Å². The van der Waals surface area contributed by atoms with E-state index >= 15 is 0 Å². The number of halogens is 3. The third-order valence-corrected chi connectivity index (χ3v) is 7.22. The lowest BCUT2D eigenvalue weighted by atomic mass is 9.93. The first-order chi connectivity index (χ1) is 16.1. The molecule has 1 saturated heterocycles. The molecule has 6 nitrogen and oxygen atoms in total. The second-order valence-electron chi connectivity index (χ2n) is 8.30. The minimum absolute atomic E-state index is 0.391. The summed E-state index contributed by atoms with van der Waals surface area (Å²) >= 11 is 16.1. The van der Waals surface area contributed by atoms with Gasteiger partial charge in [0.2, 0.25) is 0 Å². The number of piperidine rings is 1. The highest BCUT2D eigenvalue weighted by Gasteiger charge is 2.24. The van der Waals surface area contributed by atoms with Gasteiger partial charge in [0.05, 0.1) is 10.7 Å². The van der Waals surface area contributed by atoms with Gasteiger partial charge in [-0.15, -0.1) is 0 Å². The lowest BCUT2D eigenvalue weighted by molar-refractivity contribution is 0.203. The second-order valence-corrected chi connectivity index (χ2v) is 9.99. The molecule has 3 aromatic heterocycles. The van der Waals surface area contributed by atoms with Crippen LogP contribution in [0.2, 0.25) is 10.0 Å². The van der Waals surface area contributed by atoms with E-state index in [0.717, 1.165) is 75.3 Å². The number of likely N-dealkylation sites (tertiary alicyclic amines) is 1. The molecule has 1 aliphatic rings. The van der Waals surface area contributed by atoms with Crippen LogP contribution in [0, 0.1) is 0 Å². The van der Waals surface area contributed by atoms with Gasteiger partial charge >= 0.3 is 0 Å². The molecule has 1 aromatic carbocycles. The first kappa shape index (κ1) is 22.6. The van der Waals surface area contributed by atoms with E-state index < -0.39 is 0 Å². The fourth-order valence-corrected chi connectivity index (χ4v) is 5.00. The van der Waals surface area contributed by atoms with Gasteiger partial charge in [0.1, 0.15) is 5.82 Å². The lowest BCUT2D eigenvalue weighted by Crippen LogP contribution is -2.32. The zero-order valence-electron chi connectivity index (χ0n) is 17.9. The summed E-state index contributed by atoms with van der Waals surface area (Å²) in [5.41, 5.74) is 4.11. The lowest BCUT2D eigenvalue weighted by Gasteiger charge is -2.32. The Morgan fingerprint density at radius 3 is 2.73 bits per heavy atom. The Morgan fingerprint density at radius 1 is 1.09 bits per heavy atom. The van der Waals surface area contributed by atoms with Crippen molar-refractivity contribution in [2.24, 2.45) is 0 Å². The Morgan fingerprint density at radius 2 is 1.94 bits per heavy atom. The number of pyridine rings is 1. The van der Waals surface area contributed by atoms with Gasteiger partial charge in [0, 0.05) is 53.2 Å². The van der Waals surface area contributed by atoms with Gasteiger partial charge in [0.25, 0.3) is 0 Å². The fraction of sp³-hybridized carbons (Fsp3) is 0.292. The number of benzene rings is 1. The van der Waals surface area contributed by atoms with Gasteiger partial charge in [-0.25, -0.2) is 4.98 Å². The second kappa shape index (κ2) is 9.97. The van der Waals surface area contributed by atoms with Crippen molar-refractivity contribution >= 4 is 50.6 Å². The topological polar surface area (TPSA) is 58.4 Å². The van der Waals surface area contributed by atoms with Crippen molar-refractivity contribution in [2.45, 2.75) is 31.8 Å². The highest BCUT2D eigenvalue weighted by molar-refractivity contribution is 9.10. The standard InChI is InChI=1S/C24H23BrCl2N6/c25-20-14-30-33-23(29-13-16-2-1-7-28-12-16)11-22(31-24(20)33)17-5-8-32(9-6-17)15-18-10-19(26)3-4-21(18)27/h1-4,7,10-12,14,17,29H,5-6,8-9,13,15H2. The van der Waals surface area contributed by atoms with E-state index in [1.54, 1.807) is 12.4 Å². The van der Waals surface area contributed by atoms with Crippen LogP contribution >= 0.6 is 39.1 Å². The summed E-state index contributed by atoms with van der Waals surface area (Å²) in [7, 11) is 0. The average Bonchev–Trinajstić information content (AvgIpc) is 3.22. The molecule has 0 radical (unpaired) electrons. The van der Waals surface area contributed by atoms with Gasteiger partial charge in [-0.2, -0.15) is 9.61 Å². The number of hydrogen-bond acceptors (Lipinski definition) is 5. The van der Waals surface area contributed by atoms with Crippen LogP contribution in [0.1, 0.15) is 35.6 Å². The Labute approximate surface area is 211 Å². The number of nitrogens with one attached hydrogen (secondary N) is 1. The van der Waals surface area contributed by atoms with Crippen molar-refractivity contribution in [1.82, 2.24) is 24.5 Å². The molecule has 4 heterocycles. The third kappa shape index (κ3) is 5.17. The van der Waals surface area contributed by atoms with E-state index in [0.29, 0.717) is 12.5 Å². The molecule has 0 spiro atoms. The van der Waals surface area contributed by atoms with Crippen LogP contribution in [0.3, 0.4) is 0 Å². The largest absolute Gasteiger partial charge is 0.366 e. The van der Waals surface area contributed by atoms with Crippen molar-refractivity contribution in [1.29, 1.82) is 0 Å². The zero-order chi connectivity index (χ0) is 22.8. The summed E-state index contributed by atoms with van der Waals surface area (Å²) in [5, 5.41) is 9.49. The van der Waals surface area contributed by atoms with E-state index in [9.17, 15) is 0 Å². The molecule has 1 aliphatic heterocycles. The number of fused-ring (bicyclic) bond motifs is 1. The highest BCUT2D eigenvalue weighted by Crippen LogP contribution is 2.32. The molecular weight excluding hydrogens is 523 g/mol. The Bertz CT molecular complexity index is 1250. The maximum Gasteiger partial charge on any atom is 0.171 e. The van der Waals surface area contributed by atoms with Gasteiger partial charge in [-0.3, -0.25) is 9.88 Å². The van der Waals surface area contributed by atoms with Crippen LogP contribution in [0.15, 0.2) is 59.5 Å². The molecule has 0 saturated carbocycles. The van der Waals surface area contributed by atoms with Crippen molar-refractivity contribution in [2.75, 3.05) is 18.4 Å². The van der Waals surface area contributed by atoms with Crippen molar-refractivity contribution in [3.8, 4) is 0 Å². The van der Waals surface area contributed by atoms with E-state index in [4.69, 9.17) is 28.2 Å². The highest BCUT2D eigenvalue weighted by atomic mass is 79.9. The number of nitrogens with zero attached hydrogens (tertiary/aromatic N) is 5. The van der Waals surface area contributed by atoms with Gasteiger partial charge < -0.3 is 5.32 Å². The summed E-state index contributed by atoms with van der Waals surface area (Å²) in [6, 6.07) is 11.8. The first-order valence-corrected chi connectivity index (χ1v) is 12.4. The van der Waals surface area contributed by atoms with Crippen LogP contribution in [0.5, 0.6) is 0 Å². The van der Waals surface area contributed by atoms with Gasteiger partial charge in [-0.1, -0.05) is 29.3 Å². The summed E-state index contributed by atoms with van der Waals surface area (Å²) in [6.07, 6.45) is 7.51. The molecule has 0 atom stereocenters. The molecule has 33 heavy (non-hydrogen) atoms. The monoisotopic (exact) mass is 544 g/mol. The fourth-order valence-electron chi connectivity index (χ4n) is 4.28. The molecule has 1 fully saturated rings. The predicted octanol–water partition coefficient (Wildman–Crippen LogP) is 6.19. The van der Waals surface area contributed by atoms with Crippen LogP contribution in [0.25, 0.3) is 5.65 Å².